The van der Waals surface area contributed by atoms with E-state index in [1.807, 2.05) is 0 Å². The Morgan fingerprint density at radius 3 is 0.745 bits per heavy atom. The maximum absolute atomic E-state index is 17.0. The molecule has 1 nitrogen and oxygen atoms in total. The number of rotatable bonds is 8. The summed E-state index contributed by atoms with van der Waals surface area (Å²) in [5, 5.41) is 0. The lowest BCUT2D eigenvalue weighted by molar-refractivity contribution is -0.133. The molecule has 0 aromatic heterocycles. The van der Waals surface area contributed by atoms with Gasteiger partial charge in [-0.2, -0.15) is 0 Å². The van der Waals surface area contributed by atoms with Gasteiger partial charge in [0.15, 0.2) is 0 Å². The van der Waals surface area contributed by atoms with Gasteiger partial charge in [0.1, 0.15) is 5.78 Å². The van der Waals surface area contributed by atoms with Crippen LogP contribution in [0.5, 0.6) is 0 Å². The van der Waals surface area contributed by atoms with Crippen LogP contribution in [0.4, 0.5) is 0 Å². The van der Waals surface area contributed by atoms with Gasteiger partial charge < -0.3 is 0 Å². The first-order chi connectivity index (χ1) is 27.2. The third-order valence-corrected chi connectivity index (χ3v) is 12.4. The molecule has 0 bridgehead atoms. The predicted molar refractivity (Wildman–Crippen MR) is 224 cm³/mol. The summed E-state index contributed by atoms with van der Waals surface area (Å²) in [6, 6.07) is 86.9. The summed E-state index contributed by atoms with van der Waals surface area (Å²) in [4.78, 5) is 17.0. The number of benzene rings is 8. The van der Waals surface area contributed by atoms with E-state index in [-0.39, 0.29) is 12.2 Å². The largest absolute Gasteiger partial charge is 0.298 e. The highest BCUT2D eigenvalue weighted by atomic mass is 16.1. The monoisotopic (exact) mass is 706 g/mol. The van der Waals surface area contributed by atoms with Crippen LogP contribution in [0.15, 0.2) is 243 Å². The number of hydrogen-bond donors (Lipinski definition) is 0. The number of hydrogen-bond acceptors (Lipinski definition) is 1. The van der Waals surface area contributed by atoms with Crippen LogP contribution in [0.3, 0.4) is 0 Å². The summed E-state index contributed by atoms with van der Waals surface area (Å²) in [5.74, 6) is 0.160. The van der Waals surface area contributed by atoms with Crippen molar-refractivity contribution in [2.45, 2.75) is 28.1 Å². The fourth-order valence-corrected chi connectivity index (χ4v) is 10.7. The topological polar surface area (TPSA) is 17.1 Å². The Balaban J connectivity index is 1.69. The van der Waals surface area contributed by atoms with Gasteiger partial charge in [0.25, 0.3) is 0 Å². The fourth-order valence-electron chi connectivity index (χ4n) is 10.7. The second-order valence-electron chi connectivity index (χ2n) is 14.7. The van der Waals surface area contributed by atoms with Gasteiger partial charge in [0, 0.05) is 17.3 Å². The molecule has 8 aromatic rings. The second kappa shape index (κ2) is 14.0. The molecule has 1 aliphatic carbocycles. The highest BCUT2D eigenvalue weighted by Gasteiger charge is 2.79. The quantitative estimate of drug-likeness (QED) is 0.154. The van der Waals surface area contributed by atoms with E-state index < -0.39 is 21.7 Å². The van der Waals surface area contributed by atoms with Crippen molar-refractivity contribution in [3.8, 4) is 0 Å². The summed E-state index contributed by atoms with van der Waals surface area (Å²) in [6.45, 7) is 0. The second-order valence-corrected chi connectivity index (χ2v) is 14.7. The molecule has 1 heteroatoms. The Hall–Kier alpha value is -6.57. The van der Waals surface area contributed by atoms with Crippen LogP contribution in [0.2, 0.25) is 0 Å². The molecule has 0 unspecified atom stereocenters. The van der Waals surface area contributed by atoms with Gasteiger partial charge in [-0.25, -0.2) is 0 Å². The lowest BCUT2D eigenvalue weighted by Crippen LogP contribution is -2.76. The third-order valence-electron chi connectivity index (χ3n) is 12.4. The normalized spacial score (nSPS) is 16.5. The molecule has 0 spiro atoms. The van der Waals surface area contributed by atoms with Crippen LogP contribution >= 0.6 is 0 Å². The lowest BCUT2D eigenvalue weighted by atomic mass is 9.28. The third kappa shape index (κ3) is 4.76. The molecule has 0 amide bonds. The summed E-state index contributed by atoms with van der Waals surface area (Å²) >= 11 is 0. The summed E-state index contributed by atoms with van der Waals surface area (Å²) < 4.78 is 0. The van der Waals surface area contributed by atoms with E-state index in [1.54, 1.807) is 0 Å². The smallest absolute Gasteiger partial charge is 0.150 e. The van der Waals surface area contributed by atoms with Crippen LogP contribution in [0.1, 0.15) is 50.9 Å². The zero-order valence-corrected chi connectivity index (χ0v) is 30.7. The molecule has 0 atom stereocenters. The standard InChI is InChI=1S/C54H42O/c55-50-41-51(42-25-9-1-10-26-42,43-27-11-2-12-28-43)53(46-33-17-5-18-34-46,47-35-19-6-20-36-47)54(48-37-21-7-22-38-48,49-39-23-8-24-40-49)52(50,44-29-13-3-14-30-44)45-31-15-4-16-32-45/h1-40H,41H2. The first kappa shape index (κ1) is 34.2. The average molecular weight is 707 g/mol. The number of Topliss-reactive ketones (excluding diaryl/α,β-unsaturated/α-hetero) is 1. The van der Waals surface area contributed by atoms with Gasteiger partial charge in [-0.3, -0.25) is 4.79 Å². The molecule has 55 heavy (non-hydrogen) atoms. The van der Waals surface area contributed by atoms with Gasteiger partial charge in [0.05, 0.1) is 10.8 Å². The number of ketones is 1. The molecule has 1 fully saturated rings. The first-order valence-electron chi connectivity index (χ1n) is 19.2. The van der Waals surface area contributed by atoms with Crippen LogP contribution in [0.25, 0.3) is 0 Å². The van der Waals surface area contributed by atoms with E-state index in [2.05, 4.69) is 243 Å². The maximum atomic E-state index is 17.0. The van der Waals surface area contributed by atoms with Crippen molar-refractivity contribution < 1.29 is 4.79 Å². The van der Waals surface area contributed by atoms with Crippen molar-refractivity contribution in [3.05, 3.63) is 287 Å². The molecule has 0 aliphatic heterocycles. The molecule has 0 radical (unpaired) electrons. The molecule has 8 aromatic carbocycles. The Bertz CT molecular complexity index is 2320. The Morgan fingerprint density at radius 1 is 0.255 bits per heavy atom. The van der Waals surface area contributed by atoms with Crippen molar-refractivity contribution >= 4 is 5.78 Å². The van der Waals surface area contributed by atoms with Gasteiger partial charge in [-0.15, -0.1) is 0 Å². The van der Waals surface area contributed by atoms with E-state index in [0.29, 0.717) is 0 Å². The van der Waals surface area contributed by atoms with Gasteiger partial charge in [-0.05, 0) is 44.5 Å². The van der Waals surface area contributed by atoms with Crippen molar-refractivity contribution in [1.82, 2.24) is 0 Å². The van der Waals surface area contributed by atoms with Crippen molar-refractivity contribution in [2.24, 2.45) is 0 Å². The molecule has 264 valence electrons. The minimum Gasteiger partial charge on any atom is -0.298 e. The number of carbonyl (C=O) groups excluding carboxylic acids is 1. The Kier molecular flexibility index (Phi) is 8.72. The zero-order valence-electron chi connectivity index (χ0n) is 30.7. The Morgan fingerprint density at radius 2 is 0.473 bits per heavy atom. The minimum absolute atomic E-state index is 0.160. The van der Waals surface area contributed by atoms with Crippen molar-refractivity contribution in [1.29, 1.82) is 0 Å². The molecular weight excluding hydrogens is 665 g/mol. The van der Waals surface area contributed by atoms with Gasteiger partial charge in [-0.1, -0.05) is 243 Å². The maximum Gasteiger partial charge on any atom is 0.150 e. The van der Waals surface area contributed by atoms with Gasteiger partial charge in [0.2, 0.25) is 0 Å². The van der Waals surface area contributed by atoms with E-state index in [0.717, 1.165) is 44.5 Å². The van der Waals surface area contributed by atoms with E-state index in [4.69, 9.17) is 0 Å². The predicted octanol–water partition coefficient (Wildman–Crippen LogP) is 11.9. The van der Waals surface area contributed by atoms with E-state index in [1.165, 1.54) is 0 Å². The Labute approximate surface area is 324 Å². The molecule has 0 heterocycles. The van der Waals surface area contributed by atoms with Crippen LogP contribution < -0.4 is 0 Å². The molecule has 0 N–H and O–H groups in total. The van der Waals surface area contributed by atoms with Crippen LogP contribution in [0, 0.1) is 0 Å². The van der Waals surface area contributed by atoms with Crippen molar-refractivity contribution in [3.63, 3.8) is 0 Å². The molecule has 9 rings (SSSR count). The lowest BCUT2D eigenvalue weighted by Gasteiger charge is -2.71. The summed E-state index contributed by atoms with van der Waals surface area (Å²) in [7, 11) is 0. The molecule has 1 aliphatic rings. The van der Waals surface area contributed by atoms with Crippen LogP contribution in [-0.2, 0) is 26.5 Å². The molecule has 0 saturated heterocycles. The molecule has 1 saturated carbocycles. The average Bonchev–Trinajstić information content (AvgIpc) is 3.28. The first-order valence-corrected chi connectivity index (χ1v) is 19.2. The van der Waals surface area contributed by atoms with Crippen molar-refractivity contribution in [2.75, 3.05) is 0 Å². The minimum atomic E-state index is -1.24. The van der Waals surface area contributed by atoms with E-state index in [9.17, 15) is 0 Å². The van der Waals surface area contributed by atoms with Crippen LogP contribution in [-0.4, -0.2) is 5.78 Å². The SMILES string of the molecule is O=C1CC(c2ccccc2)(c2ccccc2)C(c2ccccc2)(c2ccccc2)C(c2ccccc2)(c2ccccc2)C1(c1ccccc1)c1ccccc1. The summed E-state index contributed by atoms with van der Waals surface area (Å²) in [5.41, 5.74) is 4.19. The zero-order chi connectivity index (χ0) is 37.2. The highest BCUT2D eigenvalue weighted by Crippen LogP contribution is 2.75. The highest BCUT2D eigenvalue weighted by molar-refractivity contribution is 6.02. The summed E-state index contributed by atoms with van der Waals surface area (Å²) in [6.07, 6.45) is 0.232. The number of carbonyl (C=O) groups is 1. The van der Waals surface area contributed by atoms with Gasteiger partial charge >= 0.3 is 0 Å². The van der Waals surface area contributed by atoms with E-state index >= 15 is 4.79 Å². The fraction of sp³-hybridized carbons (Fsp3) is 0.0926. The molecular formula is C54H42O.